The first-order chi connectivity index (χ1) is 13.5. The Bertz CT molecular complexity index is 1140. The number of esters is 1. The Kier molecular flexibility index (Phi) is 6.83. The second-order valence-corrected chi connectivity index (χ2v) is 7.83. The molecule has 0 heterocycles. The number of hydrogen-bond acceptors (Lipinski definition) is 3. The molecule has 0 aliphatic carbocycles. The van der Waals surface area contributed by atoms with Gasteiger partial charge in [0.1, 0.15) is 0 Å². The maximum Gasteiger partial charge on any atom is 0.337 e. The maximum atomic E-state index is 11.3. The largest absolute Gasteiger partial charge is 0.465 e. The van der Waals surface area contributed by atoms with Gasteiger partial charge in [0.15, 0.2) is 0 Å². The zero-order valence-corrected chi connectivity index (χ0v) is 18.3. The van der Waals surface area contributed by atoms with E-state index in [4.69, 9.17) is 5.11 Å². The molecule has 0 saturated carbocycles. The molecule has 5 heteroatoms. The van der Waals surface area contributed by atoms with Gasteiger partial charge in [-0.25, -0.2) is 4.79 Å². The zero-order valence-electron chi connectivity index (χ0n) is 15.2. The molecular formula is C23H18Br2O3. The molecule has 0 unspecified atom stereocenters. The maximum absolute atomic E-state index is 11.3. The van der Waals surface area contributed by atoms with Gasteiger partial charge in [-0.15, -0.1) is 0 Å². The lowest BCUT2D eigenvalue weighted by Gasteiger charge is -2.03. The minimum atomic E-state index is -0.308. The van der Waals surface area contributed by atoms with E-state index in [1.807, 2.05) is 66.7 Å². The highest BCUT2D eigenvalue weighted by Gasteiger charge is 2.06. The van der Waals surface area contributed by atoms with E-state index in [2.05, 4.69) is 36.6 Å². The number of carbonyl (C=O) groups excluding carboxylic acids is 1. The molecule has 0 amide bonds. The van der Waals surface area contributed by atoms with Crippen LogP contribution in [0, 0.1) is 0 Å². The van der Waals surface area contributed by atoms with E-state index in [0.29, 0.717) is 5.56 Å². The molecule has 0 atom stereocenters. The van der Waals surface area contributed by atoms with Gasteiger partial charge in [-0.1, -0.05) is 74.3 Å². The van der Waals surface area contributed by atoms with E-state index in [1.165, 1.54) is 12.5 Å². The Morgan fingerprint density at radius 3 is 2.00 bits per heavy atom. The van der Waals surface area contributed by atoms with E-state index in [-0.39, 0.29) is 12.6 Å². The van der Waals surface area contributed by atoms with E-state index in [0.717, 1.165) is 30.7 Å². The highest BCUT2D eigenvalue weighted by Crippen LogP contribution is 2.25. The van der Waals surface area contributed by atoms with Crippen LogP contribution in [0.4, 0.5) is 0 Å². The molecule has 3 nitrogen and oxygen atoms in total. The van der Waals surface area contributed by atoms with Gasteiger partial charge in [-0.05, 0) is 57.4 Å². The lowest BCUT2D eigenvalue weighted by atomic mass is 10.1. The topological polar surface area (TPSA) is 46.5 Å². The fourth-order valence-electron chi connectivity index (χ4n) is 2.88. The smallest absolute Gasteiger partial charge is 0.337 e. The minimum absolute atomic E-state index is 0.0997. The molecule has 142 valence electrons. The Labute approximate surface area is 180 Å². The molecule has 4 rings (SSSR count). The van der Waals surface area contributed by atoms with Crippen LogP contribution in [0.3, 0.4) is 0 Å². The van der Waals surface area contributed by atoms with Crippen molar-refractivity contribution in [2.75, 3.05) is 7.11 Å². The number of benzene rings is 4. The molecule has 0 saturated heterocycles. The molecule has 0 aliphatic rings. The molecule has 0 radical (unpaired) electrons. The van der Waals surface area contributed by atoms with Crippen molar-refractivity contribution in [2.45, 2.75) is 6.61 Å². The number of aliphatic hydroxyl groups is 1. The average Bonchev–Trinajstić information content (AvgIpc) is 2.73. The summed E-state index contributed by atoms with van der Waals surface area (Å²) < 4.78 is 6.78. The number of ether oxygens (including phenoxy) is 1. The highest BCUT2D eigenvalue weighted by molar-refractivity contribution is 9.11. The summed E-state index contributed by atoms with van der Waals surface area (Å²) in [6, 6.07) is 23.4. The third-order valence-corrected chi connectivity index (χ3v) is 5.71. The van der Waals surface area contributed by atoms with Gasteiger partial charge in [0.05, 0.1) is 19.3 Å². The molecule has 0 aromatic heterocycles. The molecule has 0 aliphatic heterocycles. The van der Waals surface area contributed by atoms with Gasteiger partial charge in [0.2, 0.25) is 0 Å². The van der Waals surface area contributed by atoms with Crippen molar-refractivity contribution in [2.24, 2.45) is 0 Å². The third-order valence-electron chi connectivity index (χ3n) is 4.32. The van der Waals surface area contributed by atoms with Crippen LogP contribution in [0.25, 0.3) is 21.5 Å². The fourth-order valence-corrected chi connectivity index (χ4v) is 3.91. The first-order valence-corrected chi connectivity index (χ1v) is 10.2. The van der Waals surface area contributed by atoms with Gasteiger partial charge in [0.25, 0.3) is 0 Å². The molecule has 0 fully saturated rings. The van der Waals surface area contributed by atoms with Crippen LogP contribution in [0.15, 0.2) is 81.7 Å². The summed E-state index contributed by atoms with van der Waals surface area (Å²) in [6.45, 7) is 0.0997. The Morgan fingerprint density at radius 2 is 1.43 bits per heavy atom. The third kappa shape index (κ3) is 4.61. The van der Waals surface area contributed by atoms with Crippen LogP contribution in [0.2, 0.25) is 0 Å². The monoisotopic (exact) mass is 500 g/mol. The normalized spacial score (nSPS) is 10.4. The quantitative estimate of drug-likeness (QED) is 0.319. The van der Waals surface area contributed by atoms with E-state index < -0.39 is 0 Å². The Hall–Kier alpha value is -2.21. The Morgan fingerprint density at radius 1 is 0.857 bits per heavy atom. The van der Waals surface area contributed by atoms with Crippen molar-refractivity contribution >= 4 is 59.4 Å². The lowest BCUT2D eigenvalue weighted by Crippen LogP contribution is -2.00. The van der Waals surface area contributed by atoms with E-state index in [9.17, 15) is 4.79 Å². The number of carbonyl (C=O) groups is 1. The van der Waals surface area contributed by atoms with E-state index >= 15 is 0 Å². The highest BCUT2D eigenvalue weighted by atomic mass is 79.9. The molecule has 1 N–H and O–H groups in total. The number of aliphatic hydroxyl groups excluding tert-OH is 1. The first kappa shape index (κ1) is 20.5. The van der Waals surface area contributed by atoms with Crippen molar-refractivity contribution < 1.29 is 14.6 Å². The Balaban J connectivity index is 0.000000162. The zero-order chi connectivity index (χ0) is 20.1. The van der Waals surface area contributed by atoms with Crippen LogP contribution >= 0.6 is 31.9 Å². The minimum Gasteiger partial charge on any atom is -0.465 e. The van der Waals surface area contributed by atoms with Gasteiger partial charge in [0, 0.05) is 8.95 Å². The number of hydrogen-bond donors (Lipinski definition) is 1. The number of rotatable bonds is 2. The summed E-state index contributed by atoms with van der Waals surface area (Å²) in [5.74, 6) is -0.308. The van der Waals surface area contributed by atoms with Crippen molar-refractivity contribution in [1.82, 2.24) is 0 Å². The summed E-state index contributed by atoms with van der Waals surface area (Å²) in [6.07, 6.45) is 0. The van der Waals surface area contributed by atoms with Crippen LogP contribution in [0.1, 0.15) is 15.9 Å². The summed E-state index contributed by atoms with van der Waals surface area (Å²) in [7, 11) is 1.38. The second-order valence-electron chi connectivity index (χ2n) is 6.12. The van der Waals surface area contributed by atoms with Gasteiger partial charge in [-0.2, -0.15) is 0 Å². The number of halogens is 2. The molecule has 4 aromatic rings. The second kappa shape index (κ2) is 9.32. The van der Waals surface area contributed by atoms with Crippen LogP contribution in [0.5, 0.6) is 0 Å². The SMILES string of the molecule is COC(=O)c1ccc2c(Br)cccc2c1.OCc1ccc2c(Br)cccc2c1. The standard InChI is InChI=1S/C12H9BrO2.C11H9BrO/c1-15-12(14)9-5-6-10-8(7-9)3-2-4-11(10)13;12-11-3-1-2-9-6-8(7-13)4-5-10(9)11/h2-7H,1H3;1-6,13H,7H2. The number of methoxy groups -OCH3 is 1. The molecule has 0 spiro atoms. The van der Waals surface area contributed by atoms with Gasteiger partial charge < -0.3 is 9.84 Å². The summed E-state index contributed by atoms with van der Waals surface area (Å²) in [4.78, 5) is 11.3. The van der Waals surface area contributed by atoms with Crippen LogP contribution < -0.4 is 0 Å². The molecular weight excluding hydrogens is 484 g/mol. The molecule has 28 heavy (non-hydrogen) atoms. The summed E-state index contributed by atoms with van der Waals surface area (Å²) in [5.41, 5.74) is 1.52. The van der Waals surface area contributed by atoms with Crippen molar-refractivity contribution in [3.8, 4) is 0 Å². The van der Waals surface area contributed by atoms with Gasteiger partial charge in [-0.3, -0.25) is 0 Å². The van der Waals surface area contributed by atoms with Crippen LogP contribution in [-0.4, -0.2) is 18.2 Å². The molecule has 0 bridgehead atoms. The van der Waals surface area contributed by atoms with Crippen molar-refractivity contribution in [3.05, 3.63) is 92.9 Å². The fraction of sp³-hybridized carbons (Fsp3) is 0.0870. The number of fused-ring (bicyclic) bond motifs is 2. The predicted octanol–water partition coefficient (Wildman–Crippen LogP) is 6.48. The van der Waals surface area contributed by atoms with Crippen molar-refractivity contribution in [1.29, 1.82) is 0 Å². The van der Waals surface area contributed by atoms with Gasteiger partial charge >= 0.3 is 5.97 Å². The van der Waals surface area contributed by atoms with Crippen LogP contribution in [-0.2, 0) is 11.3 Å². The summed E-state index contributed by atoms with van der Waals surface area (Å²) >= 11 is 6.94. The first-order valence-electron chi connectivity index (χ1n) is 8.58. The summed E-state index contributed by atoms with van der Waals surface area (Å²) in [5, 5.41) is 13.4. The predicted molar refractivity (Wildman–Crippen MR) is 121 cm³/mol. The van der Waals surface area contributed by atoms with E-state index in [1.54, 1.807) is 6.07 Å². The van der Waals surface area contributed by atoms with Crippen molar-refractivity contribution in [3.63, 3.8) is 0 Å². The lowest BCUT2D eigenvalue weighted by molar-refractivity contribution is 0.0601. The average molecular weight is 502 g/mol. The molecule has 4 aromatic carbocycles.